The third kappa shape index (κ3) is 2.51. The number of carbonyl (C=O) groups is 2. The van der Waals surface area contributed by atoms with E-state index in [1.165, 1.54) is 12.1 Å². The Hall–Kier alpha value is -2.08. The average Bonchev–Trinajstić information content (AvgIpc) is 3.12. The van der Waals surface area contributed by atoms with Crippen LogP contribution in [0.1, 0.15) is 5.56 Å². The molecule has 126 valence electrons. The number of anilines is 1. The minimum absolute atomic E-state index is 0.223. The lowest BCUT2D eigenvalue weighted by atomic mass is 9.94. The first-order chi connectivity index (χ1) is 12.0. The summed E-state index contributed by atoms with van der Waals surface area (Å²) in [5, 5.41) is 4.94. The summed E-state index contributed by atoms with van der Waals surface area (Å²) in [5.41, 5.74) is 1.10. The van der Waals surface area contributed by atoms with Crippen LogP contribution in [0.4, 0.5) is 5.69 Å². The van der Waals surface area contributed by atoms with Crippen LogP contribution in [0.3, 0.4) is 0 Å². The summed E-state index contributed by atoms with van der Waals surface area (Å²) in [6.45, 7) is 0. The molecular weight excluding hydrogens is 387 g/mol. The Morgan fingerprint density at radius 3 is 2.48 bits per heavy atom. The van der Waals surface area contributed by atoms with Crippen LogP contribution >= 0.6 is 34.8 Å². The highest BCUT2D eigenvalue weighted by molar-refractivity contribution is 6.41. The lowest BCUT2D eigenvalue weighted by Crippen LogP contribution is -2.33. The van der Waals surface area contributed by atoms with E-state index in [0.717, 1.165) is 4.90 Å². The van der Waals surface area contributed by atoms with Crippen LogP contribution in [0, 0.1) is 5.92 Å². The summed E-state index contributed by atoms with van der Waals surface area (Å²) in [7, 11) is 0. The standard InChI is InChI=1S/C17H9Cl3N2O3/c18-8-5-6-11(20)12(7-8)22-16(23)13-14(21-25-15(13)17(22)24)9-3-1-2-4-10(9)19/h1-7,13,15H/t13-,15+/m1/s1. The summed E-state index contributed by atoms with van der Waals surface area (Å²) >= 11 is 18.3. The van der Waals surface area contributed by atoms with Gasteiger partial charge >= 0.3 is 0 Å². The quantitative estimate of drug-likeness (QED) is 0.724. The molecule has 0 spiro atoms. The molecule has 25 heavy (non-hydrogen) atoms. The van der Waals surface area contributed by atoms with E-state index in [9.17, 15) is 9.59 Å². The number of fused-ring (bicyclic) bond motifs is 1. The fourth-order valence-corrected chi connectivity index (χ4v) is 3.56. The van der Waals surface area contributed by atoms with Crippen molar-refractivity contribution in [2.75, 3.05) is 4.90 Å². The van der Waals surface area contributed by atoms with Crippen LogP contribution < -0.4 is 4.90 Å². The molecule has 0 unspecified atom stereocenters. The maximum Gasteiger partial charge on any atom is 0.279 e. The summed E-state index contributed by atoms with van der Waals surface area (Å²) in [6, 6.07) is 11.5. The summed E-state index contributed by atoms with van der Waals surface area (Å²) in [6.07, 6.45) is -1.03. The largest absolute Gasteiger partial charge is 0.381 e. The highest BCUT2D eigenvalue weighted by Crippen LogP contribution is 2.39. The second-order valence-electron chi connectivity index (χ2n) is 5.57. The van der Waals surface area contributed by atoms with Gasteiger partial charge in [-0.05, 0) is 24.3 Å². The highest BCUT2D eigenvalue weighted by Gasteiger charge is 2.56. The van der Waals surface area contributed by atoms with Gasteiger partial charge in [-0.3, -0.25) is 9.59 Å². The van der Waals surface area contributed by atoms with E-state index >= 15 is 0 Å². The zero-order valence-electron chi connectivity index (χ0n) is 12.4. The first kappa shape index (κ1) is 16.4. The smallest absolute Gasteiger partial charge is 0.279 e. The van der Waals surface area contributed by atoms with Crippen molar-refractivity contribution in [1.29, 1.82) is 0 Å². The molecule has 2 aromatic rings. The molecule has 1 fully saturated rings. The average molecular weight is 396 g/mol. The first-order valence-corrected chi connectivity index (χ1v) is 8.44. The lowest BCUT2D eigenvalue weighted by Gasteiger charge is -2.17. The molecule has 2 amide bonds. The van der Waals surface area contributed by atoms with Gasteiger partial charge in [-0.2, -0.15) is 0 Å². The maximum atomic E-state index is 13.0. The molecule has 5 nitrogen and oxygen atoms in total. The normalized spacial score (nSPS) is 22.0. The van der Waals surface area contributed by atoms with Crippen molar-refractivity contribution in [3.63, 3.8) is 0 Å². The van der Waals surface area contributed by atoms with Crippen LogP contribution in [0.5, 0.6) is 0 Å². The summed E-state index contributed by atoms with van der Waals surface area (Å²) in [5.74, 6) is -1.89. The Balaban J connectivity index is 1.77. The molecule has 2 heterocycles. The van der Waals surface area contributed by atoms with Gasteiger partial charge in [-0.25, -0.2) is 4.90 Å². The van der Waals surface area contributed by atoms with E-state index in [1.54, 1.807) is 30.3 Å². The number of carbonyl (C=O) groups excluding carboxylic acids is 2. The molecule has 1 saturated heterocycles. The number of imide groups is 1. The molecule has 4 rings (SSSR count). The van der Waals surface area contributed by atoms with Crippen LogP contribution in [-0.2, 0) is 14.4 Å². The number of halogens is 3. The summed E-state index contributed by atoms with van der Waals surface area (Å²) in [4.78, 5) is 31.9. The van der Waals surface area contributed by atoms with Crippen LogP contribution in [0.15, 0.2) is 47.6 Å². The Kier molecular flexibility index (Phi) is 3.95. The second-order valence-corrected chi connectivity index (χ2v) is 6.82. The molecule has 0 aliphatic carbocycles. The van der Waals surface area contributed by atoms with Crippen molar-refractivity contribution < 1.29 is 14.4 Å². The zero-order chi connectivity index (χ0) is 17.7. The third-order valence-corrected chi connectivity index (χ3v) is 5.00. The molecule has 0 saturated carbocycles. The molecule has 2 aliphatic rings. The second kappa shape index (κ2) is 6.02. The topological polar surface area (TPSA) is 59.0 Å². The fraction of sp³-hybridized carbons (Fsp3) is 0.118. The van der Waals surface area contributed by atoms with Gasteiger partial charge in [0.15, 0.2) is 0 Å². The van der Waals surface area contributed by atoms with Gasteiger partial charge in [-0.1, -0.05) is 58.2 Å². The Morgan fingerprint density at radius 1 is 0.960 bits per heavy atom. The lowest BCUT2D eigenvalue weighted by molar-refractivity contribution is -0.126. The first-order valence-electron chi connectivity index (χ1n) is 7.30. The van der Waals surface area contributed by atoms with Gasteiger partial charge in [0, 0.05) is 15.6 Å². The number of nitrogens with zero attached hydrogens (tertiary/aromatic N) is 2. The third-order valence-electron chi connectivity index (χ3n) is 4.11. The highest BCUT2D eigenvalue weighted by atomic mass is 35.5. The van der Waals surface area contributed by atoms with E-state index in [4.69, 9.17) is 39.6 Å². The number of hydrogen-bond donors (Lipinski definition) is 0. The van der Waals surface area contributed by atoms with Crippen molar-refractivity contribution in [2.24, 2.45) is 11.1 Å². The van der Waals surface area contributed by atoms with Crippen LogP contribution in [0.2, 0.25) is 15.1 Å². The van der Waals surface area contributed by atoms with Gasteiger partial charge in [0.05, 0.1) is 10.7 Å². The maximum absolute atomic E-state index is 13.0. The number of benzene rings is 2. The number of hydrogen-bond acceptors (Lipinski definition) is 4. The zero-order valence-corrected chi connectivity index (χ0v) is 14.7. The van der Waals surface area contributed by atoms with E-state index < -0.39 is 23.8 Å². The molecule has 8 heteroatoms. The Labute approximate surface area is 157 Å². The number of oxime groups is 1. The molecule has 0 aromatic heterocycles. The SMILES string of the molecule is O=C1[C@@H]2C(c3ccccc3Cl)=NO[C@@H]2C(=O)N1c1cc(Cl)ccc1Cl. The van der Waals surface area contributed by atoms with E-state index in [0.29, 0.717) is 21.3 Å². The predicted octanol–water partition coefficient (Wildman–Crippen LogP) is 3.94. The van der Waals surface area contributed by atoms with Crippen LogP contribution in [0.25, 0.3) is 0 Å². The Bertz CT molecular complexity index is 944. The van der Waals surface area contributed by atoms with Gasteiger partial charge in [-0.15, -0.1) is 0 Å². The number of amides is 2. The van der Waals surface area contributed by atoms with E-state index in [-0.39, 0.29) is 10.7 Å². The predicted molar refractivity (Wildman–Crippen MR) is 95.3 cm³/mol. The van der Waals surface area contributed by atoms with Crippen molar-refractivity contribution in [3.8, 4) is 0 Å². The van der Waals surface area contributed by atoms with E-state index in [2.05, 4.69) is 5.16 Å². The van der Waals surface area contributed by atoms with Crippen LogP contribution in [-0.4, -0.2) is 23.6 Å². The molecule has 0 radical (unpaired) electrons. The van der Waals surface area contributed by atoms with Crippen molar-refractivity contribution in [3.05, 3.63) is 63.1 Å². The van der Waals surface area contributed by atoms with Crippen molar-refractivity contribution in [1.82, 2.24) is 0 Å². The van der Waals surface area contributed by atoms with Gasteiger partial charge in [0.2, 0.25) is 12.0 Å². The molecule has 2 aromatic carbocycles. The minimum atomic E-state index is -1.03. The summed E-state index contributed by atoms with van der Waals surface area (Å²) < 4.78 is 0. The Morgan fingerprint density at radius 2 is 1.72 bits per heavy atom. The fourth-order valence-electron chi connectivity index (χ4n) is 2.96. The van der Waals surface area contributed by atoms with Gasteiger partial charge in [0.1, 0.15) is 11.6 Å². The van der Waals surface area contributed by atoms with Crippen molar-refractivity contribution in [2.45, 2.75) is 6.10 Å². The van der Waals surface area contributed by atoms with Crippen molar-refractivity contribution >= 4 is 58.0 Å². The molecule has 0 bridgehead atoms. The monoisotopic (exact) mass is 394 g/mol. The van der Waals surface area contributed by atoms with E-state index in [1.807, 2.05) is 0 Å². The molecule has 0 N–H and O–H groups in total. The number of rotatable bonds is 2. The minimum Gasteiger partial charge on any atom is -0.381 e. The molecule has 2 aliphatic heterocycles. The van der Waals surface area contributed by atoms with Gasteiger partial charge in [0.25, 0.3) is 5.91 Å². The van der Waals surface area contributed by atoms with Gasteiger partial charge < -0.3 is 4.84 Å². The molecular formula is C17H9Cl3N2O3. The molecule has 2 atom stereocenters.